The Bertz CT molecular complexity index is 1340. The van der Waals surface area contributed by atoms with Crippen molar-refractivity contribution in [2.75, 3.05) is 18.1 Å². The number of hydrogen-bond acceptors (Lipinski definition) is 6. The number of fused-ring (bicyclic) bond motifs is 1. The number of hydrogen-bond donors (Lipinski definition) is 2. The molecule has 0 aromatic heterocycles. The summed E-state index contributed by atoms with van der Waals surface area (Å²) >= 11 is 0. The summed E-state index contributed by atoms with van der Waals surface area (Å²) in [5.41, 5.74) is 2.75. The van der Waals surface area contributed by atoms with Crippen molar-refractivity contribution in [1.29, 1.82) is 0 Å². The van der Waals surface area contributed by atoms with Gasteiger partial charge in [0.25, 0.3) is 5.91 Å². The van der Waals surface area contributed by atoms with Gasteiger partial charge in [0.15, 0.2) is 6.61 Å². The molecule has 0 bridgehead atoms. The fraction of sp³-hybridized carbons (Fsp3) is 0.167. The minimum absolute atomic E-state index is 0.0261. The Morgan fingerprint density at radius 3 is 2.47 bits per heavy atom. The van der Waals surface area contributed by atoms with Gasteiger partial charge in [-0.3, -0.25) is 4.79 Å². The molecule has 176 valence electrons. The number of amides is 1. The average molecular weight is 483 g/mol. The standard InChI is InChI=1S/C24H22N2O7S/c25-34(30,31)19-9-7-17(8-10-19)26-14-21-20(24(26)29)5-2-6-22(21)32-12-11-16-3-1-4-18(13-16)33-15-23(27)28/h1-10,13H,11-12,14-15H2,(H,27,28)(H2,25,30,31). The van der Waals surface area contributed by atoms with Crippen molar-refractivity contribution in [3.05, 3.63) is 83.4 Å². The van der Waals surface area contributed by atoms with Crippen LogP contribution >= 0.6 is 0 Å². The van der Waals surface area contributed by atoms with Crippen LogP contribution < -0.4 is 19.5 Å². The van der Waals surface area contributed by atoms with Gasteiger partial charge in [-0.25, -0.2) is 18.4 Å². The number of sulfonamides is 1. The predicted molar refractivity (Wildman–Crippen MR) is 124 cm³/mol. The molecule has 9 nitrogen and oxygen atoms in total. The zero-order chi connectivity index (χ0) is 24.3. The lowest BCUT2D eigenvalue weighted by Gasteiger charge is -2.16. The first-order valence-corrected chi connectivity index (χ1v) is 11.9. The highest BCUT2D eigenvalue weighted by atomic mass is 32.2. The van der Waals surface area contributed by atoms with Crippen molar-refractivity contribution in [3.8, 4) is 11.5 Å². The van der Waals surface area contributed by atoms with E-state index in [2.05, 4.69) is 0 Å². The third kappa shape index (κ3) is 5.19. The van der Waals surface area contributed by atoms with E-state index in [0.717, 1.165) is 11.1 Å². The van der Waals surface area contributed by atoms with Gasteiger partial charge in [-0.2, -0.15) is 0 Å². The number of carboxylic acid groups (broad SMARTS) is 1. The van der Waals surface area contributed by atoms with Crippen LogP contribution in [0, 0.1) is 0 Å². The molecule has 0 fully saturated rings. The summed E-state index contributed by atoms with van der Waals surface area (Å²) in [6, 6.07) is 18.2. The second-order valence-electron chi connectivity index (χ2n) is 7.64. The number of ether oxygens (including phenoxy) is 2. The van der Waals surface area contributed by atoms with Crippen LogP contribution in [0.4, 0.5) is 5.69 Å². The monoisotopic (exact) mass is 482 g/mol. The molecule has 4 rings (SSSR count). The molecular weight excluding hydrogens is 460 g/mol. The van der Waals surface area contributed by atoms with Gasteiger partial charge in [-0.15, -0.1) is 0 Å². The molecule has 1 aliphatic rings. The zero-order valence-corrected chi connectivity index (χ0v) is 18.8. The van der Waals surface area contributed by atoms with Gasteiger partial charge in [0.1, 0.15) is 11.5 Å². The van der Waals surface area contributed by atoms with Gasteiger partial charge in [0.05, 0.1) is 18.0 Å². The predicted octanol–water partition coefficient (Wildman–Crippen LogP) is 2.58. The molecule has 0 atom stereocenters. The minimum atomic E-state index is -3.82. The molecule has 1 heterocycles. The van der Waals surface area contributed by atoms with Crippen molar-refractivity contribution in [3.63, 3.8) is 0 Å². The van der Waals surface area contributed by atoms with E-state index in [1.807, 2.05) is 6.07 Å². The van der Waals surface area contributed by atoms with Crippen LogP contribution in [0.2, 0.25) is 0 Å². The summed E-state index contributed by atoms with van der Waals surface area (Å²) in [5.74, 6) is -0.189. The first kappa shape index (κ1) is 23.3. The third-order valence-electron chi connectivity index (χ3n) is 5.31. The van der Waals surface area contributed by atoms with E-state index in [1.165, 1.54) is 12.1 Å². The number of benzene rings is 3. The van der Waals surface area contributed by atoms with Crippen LogP contribution in [0.15, 0.2) is 71.6 Å². The molecule has 34 heavy (non-hydrogen) atoms. The Morgan fingerprint density at radius 1 is 1.03 bits per heavy atom. The number of rotatable bonds is 9. The Kier molecular flexibility index (Phi) is 6.53. The first-order valence-electron chi connectivity index (χ1n) is 10.4. The normalized spacial score (nSPS) is 13.0. The summed E-state index contributed by atoms with van der Waals surface area (Å²) in [6.07, 6.45) is 0.556. The Hall–Kier alpha value is -3.89. The van der Waals surface area contributed by atoms with Crippen molar-refractivity contribution < 1.29 is 32.6 Å². The van der Waals surface area contributed by atoms with Crippen molar-refractivity contribution in [2.24, 2.45) is 5.14 Å². The van der Waals surface area contributed by atoms with E-state index in [-0.39, 0.29) is 17.3 Å². The molecule has 3 N–H and O–H groups in total. The minimum Gasteiger partial charge on any atom is -0.493 e. The molecule has 0 saturated carbocycles. The summed E-state index contributed by atoms with van der Waals surface area (Å²) in [7, 11) is -3.82. The van der Waals surface area contributed by atoms with Crippen LogP contribution in [-0.2, 0) is 27.8 Å². The topological polar surface area (TPSA) is 136 Å². The van der Waals surface area contributed by atoms with Crippen LogP contribution in [0.25, 0.3) is 0 Å². The summed E-state index contributed by atoms with van der Waals surface area (Å²) in [4.78, 5) is 25.1. The summed E-state index contributed by atoms with van der Waals surface area (Å²) < 4.78 is 34.1. The number of nitrogens with zero attached hydrogens (tertiary/aromatic N) is 1. The van der Waals surface area contributed by atoms with E-state index in [9.17, 15) is 18.0 Å². The van der Waals surface area contributed by atoms with Crippen LogP contribution in [-0.4, -0.2) is 38.6 Å². The van der Waals surface area contributed by atoms with E-state index >= 15 is 0 Å². The number of primary sulfonamides is 1. The summed E-state index contributed by atoms with van der Waals surface area (Å²) in [5, 5.41) is 13.9. The van der Waals surface area contributed by atoms with Crippen molar-refractivity contribution >= 4 is 27.6 Å². The van der Waals surface area contributed by atoms with Crippen LogP contribution in [0.5, 0.6) is 11.5 Å². The molecule has 3 aromatic carbocycles. The number of carbonyl (C=O) groups excluding carboxylic acids is 1. The van der Waals surface area contributed by atoms with E-state index in [1.54, 1.807) is 53.4 Å². The Balaban J connectivity index is 1.43. The maximum absolute atomic E-state index is 12.9. The van der Waals surface area contributed by atoms with E-state index in [4.69, 9.17) is 19.7 Å². The summed E-state index contributed by atoms with van der Waals surface area (Å²) in [6.45, 7) is 0.221. The largest absolute Gasteiger partial charge is 0.493 e. The molecule has 1 aliphatic heterocycles. The van der Waals surface area contributed by atoms with Gasteiger partial charge < -0.3 is 19.5 Å². The lowest BCUT2D eigenvalue weighted by atomic mass is 10.1. The molecule has 10 heteroatoms. The number of anilines is 1. The molecule has 0 spiro atoms. The van der Waals surface area contributed by atoms with Crippen molar-refractivity contribution in [2.45, 2.75) is 17.9 Å². The van der Waals surface area contributed by atoms with Gasteiger partial charge in [0, 0.05) is 23.2 Å². The lowest BCUT2D eigenvalue weighted by molar-refractivity contribution is -0.139. The van der Waals surface area contributed by atoms with E-state index in [0.29, 0.717) is 35.8 Å². The molecule has 1 amide bonds. The van der Waals surface area contributed by atoms with Crippen LogP contribution in [0.1, 0.15) is 21.5 Å². The zero-order valence-electron chi connectivity index (χ0n) is 18.0. The highest BCUT2D eigenvalue weighted by molar-refractivity contribution is 7.89. The third-order valence-corrected chi connectivity index (χ3v) is 6.24. The molecule has 0 aliphatic carbocycles. The van der Waals surface area contributed by atoms with Gasteiger partial charge in [-0.05, 0) is 54.1 Å². The quantitative estimate of drug-likeness (QED) is 0.478. The van der Waals surface area contributed by atoms with E-state index < -0.39 is 22.6 Å². The Labute approximate surface area is 196 Å². The molecule has 0 radical (unpaired) electrons. The fourth-order valence-corrected chi connectivity index (χ4v) is 4.19. The smallest absolute Gasteiger partial charge is 0.341 e. The number of carboxylic acids is 1. The average Bonchev–Trinajstić information content (AvgIpc) is 3.15. The van der Waals surface area contributed by atoms with Crippen LogP contribution in [0.3, 0.4) is 0 Å². The molecule has 0 saturated heterocycles. The SMILES string of the molecule is NS(=O)(=O)c1ccc(N2Cc3c(OCCc4cccc(OCC(=O)O)c4)cccc3C2=O)cc1. The number of aliphatic carboxylic acids is 1. The number of nitrogens with two attached hydrogens (primary N) is 1. The van der Waals surface area contributed by atoms with Gasteiger partial charge in [-0.1, -0.05) is 18.2 Å². The Morgan fingerprint density at radius 2 is 1.76 bits per heavy atom. The second-order valence-corrected chi connectivity index (χ2v) is 9.20. The lowest BCUT2D eigenvalue weighted by Crippen LogP contribution is -2.23. The molecule has 0 unspecified atom stereocenters. The fourth-order valence-electron chi connectivity index (χ4n) is 3.68. The van der Waals surface area contributed by atoms with Crippen molar-refractivity contribution in [1.82, 2.24) is 0 Å². The van der Waals surface area contributed by atoms with Gasteiger partial charge >= 0.3 is 5.97 Å². The highest BCUT2D eigenvalue weighted by Crippen LogP contribution is 2.34. The number of carbonyl (C=O) groups is 2. The second kappa shape index (κ2) is 9.54. The highest BCUT2D eigenvalue weighted by Gasteiger charge is 2.31. The maximum atomic E-state index is 12.9. The first-order chi connectivity index (χ1) is 16.2. The molecular formula is C24H22N2O7S. The maximum Gasteiger partial charge on any atom is 0.341 e. The molecule has 3 aromatic rings. The van der Waals surface area contributed by atoms with Gasteiger partial charge in [0.2, 0.25) is 10.0 Å².